The Hall–Kier alpha value is -3.13. The quantitative estimate of drug-likeness (QED) is 0.666. The van der Waals surface area contributed by atoms with Gasteiger partial charge in [-0.15, -0.1) is 0 Å². The van der Waals surface area contributed by atoms with E-state index >= 15 is 0 Å². The van der Waals surface area contributed by atoms with Crippen LogP contribution in [0.3, 0.4) is 0 Å². The van der Waals surface area contributed by atoms with Gasteiger partial charge in [-0.25, -0.2) is 9.36 Å². The summed E-state index contributed by atoms with van der Waals surface area (Å²) in [6, 6.07) is 12.9. The molecule has 1 saturated heterocycles. The molecular formula is C19H18ClN5O3. The van der Waals surface area contributed by atoms with E-state index in [1.807, 2.05) is 24.3 Å². The zero-order valence-corrected chi connectivity index (χ0v) is 15.7. The van der Waals surface area contributed by atoms with Crippen molar-refractivity contribution < 1.29 is 9.32 Å². The average Bonchev–Trinajstić information content (AvgIpc) is 3.09. The lowest BCUT2D eigenvalue weighted by molar-refractivity contribution is -0.132. The molecule has 0 N–H and O–H groups in total. The number of nitrogens with zero attached hydrogens (tertiary/aromatic N) is 5. The number of anilines is 1. The number of rotatable bonds is 4. The molecule has 0 radical (unpaired) electrons. The summed E-state index contributed by atoms with van der Waals surface area (Å²) in [4.78, 5) is 32.8. The van der Waals surface area contributed by atoms with Gasteiger partial charge < -0.3 is 9.80 Å². The molecule has 3 aromatic rings. The van der Waals surface area contributed by atoms with Gasteiger partial charge >= 0.3 is 5.76 Å². The van der Waals surface area contributed by atoms with Crippen LogP contribution in [0.5, 0.6) is 0 Å². The summed E-state index contributed by atoms with van der Waals surface area (Å²) in [6.45, 7) is 2.37. The van der Waals surface area contributed by atoms with Crippen LogP contribution in [0.2, 0.25) is 5.02 Å². The molecule has 4 rings (SSSR count). The molecule has 0 unspecified atom stereocenters. The molecule has 8 nitrogen and oxygen atoms in total. The van der Waals surface area contributed by atoms with E-state index in [0.717, 1.165) is 5.69 Å². The molecule has 1 aliphatic heterocycles. The lowest BCUT2D eigenvalue weighted by Crippen LogP contribution is -2.50. The molecule has 28 heavy (non-hydrogen) atoms. The van der Waals surface area contributed by atoms with E-state index in [-0.39, 0.29) is 18.3 Å². The fraction of sp³-hybridized carbons (Fsp3) is 0.263. The Morgan fingerprint density at radius 1 is 1.11 bits per heavy atom. The highest BCUT2D eigenvalue weighted by Gasteiger charge is 2.24. The number of hydrogen-bond donors (Lipinski definition) is 0. The summed E-state index contributed by atoms with van der Waals surface area (Å²) >= 11 is 6.06. The SMILES string of the molecule is O=C(Cn1c(-c2ccccn2)noc1=O)N1CCN(c2cccc(Cl)c2)CC1. The largest absolute Gasteiger partial charge is 0.442 e. The van der Waals surface area contributed by atoms with Gasteiger partial charge in [0.15, 0.2) is 0 Å². The van der Waals surface area contributed by atoms with Gasteiger partial charge in [0.2, 0.25) is 11.7 Å². The molecule has 144 valence electrons. The van der Waals surface area contributed by atoms with Crippen molar-refractivity contribution in [2.75, 3.05) is 31.1 Å². The maximum atomic E-state index is 12.7. The second-order valence-electron chi connectivity index (χ2n) is 6.42. The minimum atomic E-state index is -0.674. The van der Waals surface area contributed by atoms with E-state index in [9.17, 15) is 9.59 Å². The highest BCUT2D eigenvalue weighted by molar-refractivity contribution is 6.30. The molecule has 1 amide bonds. The standard InChI is InChI=1S/C19H18ClN5O3/c20-14-4-3-5-15(12-14)23-8-10-24(11-9-23)17(26)13-25-18(22-28-19(25)27)16-6-1-2-7-21-16/h1-7,12H,8-11,13H2. The van der Waals surface area contributed by atoms with Gasteiger partial charge in [0, 0.05) is 43.1 Å². The number of carbonyl (C=O) groups is 1. The number of pyridine rings is 1. The molecule has 0 spiro atoms. The molecule has 3 heterocycles. The van der Waals surface area contributed by atoms with E-state index in [1.165, 1.54) is 4.57 Å². The Kier molecular flexibility index (Phi) is 5.12. The van der Waals surface area contributed by atoms with Crippen LogP contribution < -0.4 is 10.7 Å². The van der Waals surface area contributed by atoms with Gasteiger partial charge in [-0.1, -0.05) is 28.9 Å². The summed E-state index contributed by atoms with van der Waals surface area (Å²) in [6.07, 6.45) is 1.59. The Labute approximate surface area is 165 Å². The highest BCUT2D eigenvalue weighted by Crippen LogP contribution is 2.21. The zero-order valence-electron chi connectivity index (χ0n) is 15.0. The number of amides is 1. The predicted molar refractivity (Wildman–Crippen MR) is 104 cm³/mol. The van der Waals surface area contributed by atoms with Gasteiger partial charge in [0.25, 0.3) is 0 Å². The first-order valence-electron chi connectivity index (χ1n) is 8.88. The number of carbonyl (C=O) groups excluding carboxylic acids is 1. The Morgan fingerprint density at radius 3 is 2.64 bits per heavy atom. The molecular weight excluding hydrogens is 382 g/mol. The molecule has 9 heteroatoms. The van der Waals surface area contributed by atoms with Crippen LogP contribution in [0.4, 0.5) is 5.69 Å². The first kappa shape index (κ1) is 18.2. The Bertz CT molecular complexity index is 1030. The Morgan fingerprint density at radius 2 is 1.93 bits per heavy atom. The van der Waals surface area contributed by atoms with Crippen molar-refractivity contribution in [3.8, 4) is 11.5 Å². The van der Waals surface area contributed by atoms with Crippen molar-refractivity contribution in [2.45, 2.75) is 6.54 Å². The summed E-state index contributed by atoms with van der Waals surface area (Å²) in [7, 11) is 0. The second kappa shape index (κ2) is 7.85. The van der Waals surface area contributed by atoms with E-state index in [0.29, 0.717) is 36.9 Å². The van der Waals surface area contributed by atoms with Crippen LogP contribution >= 0.6 is 11.6 Å². The smallest absolute Gasteiger partial charge is 0.368 e. The number of benzene rings is 1. The molecule has 0 bridgehead atoms. The molecule has 0 saturated carbocycles. The van der Waals surface area contributed by atoms with Crippen LogP contribution in [0.1, 0.15) is 0 Å². The molecule has 0 aliphatic carbocycles. The molecule has 1 aliphatic rings. The molecule has 1 fully saturated rings. The average molecular weight is 400 g/mol. The first-order chi connectivity index (χ1) is 13.6. The number of hydrogen-bond acceptors (Lipinski definition) is 6. The van der Waals surface area contributed by atoms with Crippen molar-refractivity contribution in [3.63, 3.8) is 0 Å². The number of piperazine rings is 1. The maximum Gasteiger partial charge on any atom is 0.442 e. The minimum absolute atomic E-state index is 0.134. The van der Waals surface area contributed by atoms with Crippen molar-refractivity contribution in [2.24, 2.45) is 0 Å². The maximum absolute atomic E-state index is 12.7. The molecule has 0 atom stereocenters. The van der Waals surface area contributed by atoms with Crippen molar-refractivity contribution in [1.82, 2.24) is 19.6 Å². The summed E-state index contributed by atoms with van der Waals surface area (Å²) in [5.74, 6) is -0.587. The monoisotopic (exact) mass is 399 g/mol. The van der Waals surface area contributed by atoms with Gasteiger partial charge in [-0.2, -0.15) is 0 Å². The fourth-order valence-electron chi connectivity index (χ4n) is 3.21. The van der Waals surface area contributed by atoms with Gasteiger partial charge in [0.05, 0.1) is 0 Å². The third kappa shape index (κ3) is 3.77. The molecule has 2 aromatic heterocycles. The Balaban J connectivity index is 1.43. The van der Waals surface area contributed by atoms with Crippen LogP contribution in [0.15, 0.2) is 58.0 Å². The van der Waals surface area contributed by atoms with Gasteiger partial charge in [0.1, 0.15) is 12.2 Å². The van der Waals surface area contributed by atoms with E-state index < -0.39 is 5.76 Å². The fourth-order valence-corrected chi connectivity index (χ4v) is 3.39. The first-order valence-corrected chi connectivity index (χ1v) is 9.26. The van der Waals surface area contributed by atoms with Crippen LogP contribution in [-0.4, -0.2) is 51.7 Å². The highest BCUT2D eigenvalue weighted by atomic mass is 35.5. The van der Waals surface area contributed by atoms with Crippen LogP contribution in [-0.2, 0) is 11.3 Å². The number of halogens is 1. The van der Waals surface area contributed by atoms with Gasteiger partial charge in [-0.05, 0) is 30.3 Å². The van der Waals surface area contributed by atoms with Crippen molar-refractivity contribution in [3.05, 3.63) is 64.2 Å². The summed E-state index contributed by atoms with van der Waals surface area (Å²) in [5, 5.41) is 4.45. The van der Waals surface area contributed by atoms with Crippen LogP contribution in [0, 0.1) is 0 Å². The van der Waals surface area contributed by atoms with Crippen molar-refractivity contribution >= 4 is 23.2 Å². The second-order valence-corrected chi connectivity index (χ2v) is 6.86. The minimum Gasteiger partial charge on any atom is -0.368 e. The zero-order chi connectivity index (χ0) is 19.5. The molecule has 1 aromatic carbocycles. The van der Waals surface area contributed by atoms with E-state index in [1.54, 1.807) is 29.3 Å². The predicted octanol–water partition coefficient (Wildman–Crippen LogP) is 1.90. The van der Waals surface area contributed by atoms with E-state index in [2.05, 4.69) is 15.0 Å². The van der Waals surface area contributed by atoms with Crippen molar-refractivity contribution in [1.29, 1.82) is 0 Å². The van der Waals surface area contributed by atoms with Gasteiger partial charge in [-0.3, -0.25) is 14.3 Å². The lowest BCUT2D eigenvalue weighted by atomic mass is 10.2. The summed E-state index contributed by atoms with van der Waals surface area (Å²) < 4.78 is 5.97. The lowest BCUT2D eigenvalue weighted by Gasteiger charge is -2.36. The number of aromatic nitrogens is 3. The summed E-state index contributed by atoms with van der Waals surface area (Å²) in [5.41, 5.74) is 1.51. The third-order valence-electron chi connectivity index (χ3n) is 4.68. The normalized spacial score (nSPS) is 14.3. The third-order valence-corrected chi connectivity index (χ3v) is 4.91. The van der Waals surface area contributed by atoms with E-state index in [4.69, 9.17) is 16.1 Å². The topological polar surface area (TPSA) is 84.5 Å². The van der Waals surface area contributed by atoms with Crippen LogP contribution in [0.25, 0.3) is 11.5 Å².